The zero-order chi connectivity index (χ0) is 13.8. The first-order chi connectivity index (χ1) is 8.42. The van der Waals surface area contributed by atoms with Crippen molar-refractivity contribution in [3.05, 3.63) is 0 Å². The lowest BCUT2D eigenvalue weighted by atomic mass is 9.75. The van der Waals surface area contributed by atoms with Crippen LogP contribution in [-0.4, -0.2) is 35.5 Å². The molecule has 0 amide bonds. The molecule has 1 N–H and O–H groups in total. The van der Waals surface area contributed by atoms with Gasteiger partial charge in [0.25, 0.3) is 0 Å². The van der Waals surface area contributed by atoms with Gasteiger partial charge in [0.1, 0.15) is 0 Å². The molecule has 0 aromatic carbocycles. The molecule has 0 spiro atoms. The van der Waals surface area contributed by atoms with Crippen molar-refractivity contribution in [2.45, 2.75) is 71.2 Å². The van der Waals surface area contributed by atoms with Crippen LogP contribution in [-0.2, 0) is 14.3 Å². The Hall–Kier alpha value is -0.610. The molecule has 0 saturated carbocycles. The Bertz CT molecular complexity index is 267. The molecule has 106 valence electrons. The Morgan fingerprint density at radius 2 is 1.94 bits per heavy atom. The number of carbonyl (C=O) groups excluding carboxylic acids is 1. The van der Waals surface area contributed by atoms with Crippen LogP contribution in [0.3, 0.4) is 0 Å². The molecule has 0 aromatic rings. The molecule has 1 fully saturated rings. The third kappa shape index (κ3) is 3.69. The van der Waals surface area contributed by atoms with E-state index in [1.165, 1.54) is 0 Å². The molecule has 0 bridgehead atoms. The summed E-state index contributed by atoms with van der Waals surface area (Å²) in [5.41, 5.74) is -0.987. The summed E-state index contributed by atoms with van der Waals surface area (Å²) in [4.78, 5) is 12.0. The molecule has 4 heteroatoms. The van der Waals surface area contributed by atoms with Gasteiger partial charge in [-0.05, 0) is 27.2 Å². The average Bonchev–Trinajstić information content (AvgIpc) is 2.23. The molecule has 0 radical (unpaired) electrons. The van der Waals surface area contributed by atoms with Crippen molar-refractivity contribution in [2.75, 3.05) is 6.61 Å². The van der Waals surface area contributed by atoms with Gasteiger partial charge in [-0.3, -0.25) is 4.79 Å². The van der Waals surface area contributed by atoms with Crippen LogP contribution in [0.1, 0.15) is 53.4 Å². The number of rotatable bonds is 5. The molecular weight excluding hydrogens is 232 g/mol. The topological polar surface area (TPSA) is 55.8 Å². The molecule has 3 unspecified atom stereocenters. The van der Waals surface area contributed by atoms with E-state index >= 15 is 0 Å². The fourth-order valence-electron chi connectivity index (χ4n) is 2.99. The van der Waals surface area contributed by atoms with Gasteiger partial charge in [0, 0.05) is 12.8 Å². The van der Waals surface area contributed by atoms with E-state index in [4.69, 9.17) is 9.47 Å². The van der Waals surface area contributed by atoms with Crippen molar-refractivity contribution >= 4 is 5.97 Å². The van der Waals surface area contributed by atoms with Crippen molar-refractivity contribution in [2.24, 2.45) is 5.92 Å². The summed E-state index contributed by atoms with van der Waals surface area (Å²) in [7, 11) is 0. The highest BCUT2D eigenvalue weighted by atomic mass is 16.5. The first-order valence-corrected chi connectivity index (χ1v) is 6.97. The van der Waals surface area contributed by atoms with E-state index in [1.807, 2.05) is 20.8 Å². The smallest absolute Gasteiger partial charge is 0.311 e. The second kappa shape index (κ2) is 6.53. The normalized spacial score (nSPS) is 34.1. The Kier molecular flexibility index (Phi) is 5.60. The van der Waals surface area contributed by atoms with Gasteiger partial charge in [0.05, 0.1) is 30.3 Å². The fourth-order valence-corrected chi connectivity index (χ4v) is 2.99. The van der Waals surface area contributed by atoms with Gasteiger partial charge in [-0.25, -0.2) is 0 Å². The molecule has 4 nitrogen and oxygen atoms in total. The SMILES string of the molecule is CCCC(C(=O)OCC)C1(O)CC(C)OC(C)C1. The van der Waals surface area contributed by atoms with Crippen LogP contribution in [0.2, 0.25) is 0 Å². The summed E-state index contributed by atoms with van der Waals surface area (Å²) in [5.74, 6) is -0.709. The monoisotopic (exact) mass is 258 g/mol. The summed E-state index contributed by atoms with van der Waals surface area (Å²) < 4.78 is 10.7. The van der Waals surface area contributed by atoms with Crippen molar-refractivity contribution in [1.82, 2.24) is 0 Å². The molecule has 1 heterocycles. The number of carbonyl (C=O) groups is 1. The molecule has 1 saturated heterocycles. The zero-order valence-electron chi connectivity index (χ0n) is 11.9. The van der Waals surface area contributed by atoms with Crippen LogP contribution in [0.25, 0.3) is 0 Å². The maximum Gasteiger partial charge on any atom is 0.311 e. The second-order valence-electron chi connectivity index (χ2n) is 5.36. The van der Waals surface area contributed by atoms with Crippen molar-refractivity contribution in [3.8, 4) is 0 Å². The van der Waals surface area contributed by atoms with E-state index in [2.05, 4.69) is 0 Å². The van der Waals surface area contributed by atoms with E-state index < -0.39 is 11.5 Å². The summed E-state index contributed by atoms with van der Waals surface area (Å²) >= 11 is 0. The maximum atomic E-state index is 12.0. The molecular formula is C14H26O4. The van der Waals surface area contributed by atoms with Crippen molar-refractivity contribution < 1.29 is 19.4 Å². The summed E-state index contributed by atoms with van der Waals surface area (Å²) in [6.07, 6.45) is 2.48. The molecule has 1 aliphatic rings. The molecule has 0 aromatic heterocycles. The number of hydrogen-bond donors (Lipinski definition) is 1. The second-order valence-corrected chi connectivity index (χ2v) is 5.36. The minimum atomic E-state index is -0.987. The number of aliphatic hydroxyl groups is 1. The van der Waals surface area contributed by atoms with Gasteiger partial charge < -0.3 is 14.6 Å². The predicted molar refractivity (Wildman–Crippen MR) is 69.2 cm³/mol. The third-order valence-corrected chi connectivity index (χ3v) is 3.54. The molecule has 3 atom stereocenters. The van der Waals surface area contributed by atoms with Gasteiger partial charge in [0.2, 0.25) is 0 Å². The largest absolute Gasteiger partial charge is 0.466 e. The number of ether oxygens (including phenoxy) is 2. The number of hydrogen-bond acceptors (Lipinski definition) is 4. The van der Waals surface area contributed by atoms with E-state index in [0.29, 0.717) is 25.9 Å². The Morgan fingerprint density at radius 3 is 2.39 bits per heavy atom. The predicted octanol–water partition coefficient (Wildman–Crippen LogP) is 2.28. The zero-order valence-corrected chi connectivity index (χ0v) is 11.9. The lowest BCUT2D eigenvalue weighted by Crippen LogP contribution is -2.51. The van der Waals surface area contributed by atoms with Crippen LogP contribution in [0, 0.1) is 5.92 Å². The quantitative estimate of drug-likeness (QED) is 0.769. The highest BCUT2D eigenvalue weighted by Gasteiger charge is 2.46. The summed E-state index contributed by atoms with van der Waals surface area (Å²) in [6.45, 7) is 8.04. The number of esters is 1. The highest BCUT2D eigenvalue weighted by molar-refractivity contribution is 5.74. The van der Waals surface area contributed by atoms with E-state index in [0.717, 1.165) is 6.42 Å². The molecule has 1 rings (SSSR count). The fraction of sp³-hybridized carbons (Fsp3) is 0.929. The van der Waals surface area contributed by atoms with Gasteiger partial charge in [-0.15, -0.1) is 0 Å². The molecule has 0 aliphatic carbocycles. The van der Waals surface area contributed by atoms with E-state index in [1.54, 1.807) is 6.92 Å². The average molecular weight is 258 g/mol. The lowest BCUT2D eigenvalue weighted by Gasteiger charge is -2.43. The van der Waals surface area contributed by atoms with Gasteiger partial charge >= 0.3 is 5.97 Å². The van der Waals surface area contributed by atoms with Crippen molar-refractivity contribution in [1.29, 1.82) is 0 Å². The summed E-state index contributed by atoms with van der Waals surface area (Å²) in [6, 6.07) is 0. The Balaban J connectivity index is 2.84. The first-order valence-electron chi connectivity index (χ1n) is 6.97. The lowest BCUT2D eigenvalue weighted by molar-refractivity contribution is -0.181. The van der Waals surface area contributed by atoms with Gasteiger partial charge in [-0.1, -0.05) is 13.3 Å². The first kappa shape index (κ1) is 15.4. The van der Waals surface area contributed by atoms with Crippen LogP contribution < -0.4 is 0 Å². The van der Waals surface area contributed by atoms with Gasteiger partial charge in [-0.2, -0.15) is 0 Å². The van der Waals surface area contributed by atoms with Crippen molar-refractivity contribution in [3.63, 3.8) is 0 Å². The van der Waals surface area contributed by atoms with Crippen LogP contribution in [0.15, 0.2) is 0 Å². The summed E-state index contributed by atoms with van der Waals surface area (Å²) in [5, 5.41) is 10.8. The van der Waals surface area contributed by atoms with Crippen LogP contribution in [0.4, 0.5) is 0 Å². The Labute approximate surface area is 110 Å². The molecule has 18 heavy (non-hydrogen) atoms. The minimum absolute atomic E-state index is 0.0208. The van der Waals surface area contributed by atoms with E-state index in [-0.39, 0.29) is 18.2 Å². The maximum absolute atomic E-state index is 12.0. The highest BCUT2D eigenvalue weighted by Crippen LogP contribution is 2.37. The van der Waals surface area contributed by atoms with E-state index in [9.17, 15) is 9.90 Å². The molecule has 1 aliphatic heterocycles. The van der Waals surface area contributed by atoms with Crippen LogP contribution in [0.5, 0.6) is 0 Å². The van der Waals surface area contributed by atoms with Crippen LogP contribution >= 0.6 is 0 Å². The Morgan fingerprint density at radius 1 is 1.39 bits per heavy atom. The van der Waals surface area contributed by atoms with Gasteiger partial charge in [0.15, 0.2) is 0 Å². The standard InChI is InChI=1S/C14H26O4/c1-5-7-12(13(15)17-6-2)14(16)8-10(3)18-11(4)9-14/h10-12,16H,5-9H2,1-4H3. The minimum Gasteiger partial charge on any atom is -0.466 e. The third-order valence-electron chi connectivity index (χ3n) is 3.54.